The minimum atomic E-state index is -4.13. The van der Waals surface area contributed by atoms with E-state index in [2.05, 4.69) is 10.3 Å². The number of aryl methyl sites for hydroxylation is 2. The standard InChI is InChI=1S/C9H13F3N2S2/c1-6-7(2)16-8(14-6)5-13-3-4-15-9(10,11)12/h13H,3-5H2,1-2H3. The van der Waals surface area contributed by atoms with Gasteiger partial charge in [-0.2, -0.15) is 13.2 Å². The predicted molar refractivity (Wildman–Crippen MR) is 61.8 cm³/mol. The van der Waals surface area contributed by atoms with Crippen molar-refractivity contribution in [2.45, 2.75) is 25.9 Å². The topological polar surface area (TPSA) is 24.9 Å². The van der Waals surface area contributed by atoms with E-state index in [1.165, 1.54) is 0 Å². The maximum absolute atomic E-state index is 11.8. The molecular formula is C9H13F3N2S2. The van der Waals surface area contributed by atoms with E-state index < -0.39 is 5.51 Å². The molecular weight excluding hydrogens is 257 g/mol. The number of halogens is 3. The molecule has 1 rings (SSSR count). The third-order valence-electron chi connectivity index (χ3n) is 1.89. The van der Waals surface area contributed by atoms with E-state index in [1.807, 2.05) is 13.8 Å². The molecule has 92 valence electrons. The lowest BCUT2D eigenvalue weighted by molar-refractivity contribution is -0.0327. The molecule has 0 saturated carbocycles. The van der Waals surface area contributed by atoms with Crippen LogP contribution in [0.4, 0.5) is 13.2 Å². The fourth-order valence-corrected chi connectivity index (χ4v) is 2.43. The molecule has 0 saturated heterocycles. The number of hydrogen-bond acceptors (Lipinski definition) is 4. The van der Waals surface area contributed by atoms with Gasteiger partial charge in [0.25, 0.3) is 0 Å². The highest BCUT2D eigenvalue weighted by molar-refractivity contribution is 8.00. The van der Waals surface area contributed by atoms with Gasteiger partial charge in [-0.3, -0.25) is 0 Å². The summed E-state index contributed by atoms with van der Waals surface area (Å²) >= 11 is 1.57. The van der Waals surface area contributed by atoms with E-state index in [0.717, 1.165) is 15.6 Å². The van der Waals surface area contributed by atoms with Crippen molar-refractivity contribution in [3.8, 4) is 0 Å². The fourth-order valence-electron chi connectivity index (χ4n) is 1.05. The zero-order valence-electron chi connectivity index (χ0n) is 9.02. The van der Waals surface area contributed by atoms with Gasteiger partial charge in [0.2, 0.25) is 0 Å². The Morgan fingerprint density at radius 2 is 2.06 bits per heavy atom. The quantitative estimate of drug-likeness (QED) is 0.832. The summed E-state index contributed by atoms with van der Waals surface area (Å²) in [5, 5.41) is 3.87. The molecule has 1 N–H and O–H groups in total. The van der Waals surface area contributed by atoms with Crippen molar-refractivity contribution in [1.29, 1.82) is 0 Å². The molecule has 0 aliphatic heterocycles. The summed E-state index contributed by atoms with van der Waals surface area (Å²) in [6.45, 7) is 4.78. The second kappa shape index (κ2) is 5.88. The molecule has 0 aliphatic carbocycles. The van der Waals surface area contributed by atoms with Crippen LogP contribution in [-0.4, -0.2) is 22.8 Å². The van der Waals surface area contributed by atoms with Crippen molar-refractivity contribution >= 4 is 23.1 Å². The van der Waals surface area contributed by atoms with E-state index in [1.54, 1.807) is 11.3 Å². The number of thioether (sulfide) groups is 1. The molecule has 0 atom stereocenters. The number of alkyl halides is 3. The van der Waals surface area contributed by atoms with Crippen LogP contribution in [0.15, 0.2) is 0 Å². The Hall–Kier alpha value is -0.270. The average molecular weight is 270 g/mol. The van der Waals surface area contributed by atoms with Crippen molar-refractivity contribution in [2.24, 2.45) is 0 Å². The van der Waals surface area contributed by atoms with Crippen LogP contribution in [-0.2, 0) is 6.54 Å². The zero-order chi connectivity index (χ0) is 12.2. The molecule has 1 aromatic heterocycles. The molecule has 1 heterocycles. The maximum atomic E-state index is 11.8. The van der Waals surface area contributed by atoms with Crippen LogP contribution in [0.1, 0.15) is 15.6 Å². The molecule has 0 fully saturated rings. The van der Waals surface area contributed by atoms with Gasteiger partial charge in [-0.15, -0.1) is 11.3 Å². The van der Waals surface area contributed by atoms with E-state index in [-0.39, 0.29) is 17.5 Å². The van der Waals surface area contributed by atoms with Gasteiger partial charge in [0.15, 0.2) is 0 Å². The lowest BCUT2D eigenvalue weighted by Crippen LogP contribution is -2.18. The Morgan fingerprint density at radius 1 is 1.38 bits per heavy atom. The summed E-state index contributed by atoms with van der Waals surface area (Å²) in [4.78, 5) is 5.44. The second-order valence-corrected chi connectivity index (χ2v) is 5.67. The molecule has 7 heteroatoms. The van der Waals surface area contributed by atoms with E-state index in [4.69, 9.17) is 0 Å². The molecule has 0 unspecified atom stereocenters. The largest absolute Gasteiger partial charge is 0.441 e. The molecule has 2 nitrogen and oxygen atoms in total. The van der Waals surface area contributed by atoms with Crippen molar-refractivity contribution in [3.05, 3.63) is 15.6 Å². The number of aromatic nitrogens is 1. The lowest BCUT2D eigenvalue weighted by Gasteiger charge is -2.05. The molecule has 0 aliphatic rings. The average Bonchev–Trinajstić information content (AvgIpc) is 2.44. The van der Waals surface area contributed by atoms with Crippen molar-refractivity contribution in [2.75, 3.05) is 12.3 Å². The summed E-state index contributed by atoms with van der Waals surface area (Å²) < 4.78 is 35.4. The van der Waals surface area contributed by atoms with E-state index in [9.17, 15) is 13.2 Å². The van der Waals surface area contributed by atoms with Gasteiger partial charge in [0.1, 0.15) is 5.01 Å². The first-order valence-corrected chi connectivity index (χ1v) is 6.53. The zero-order valence-corrected chi connectivity index (χ0v) is 10.7. The molecule has 0 amide bonds. The normalized spacial score (nSPS) is 12.1. The van der Waals surface area contributed by atoms with Crippen LogP contribution in [0.5, 0.6) is 0 Å². The number of hydrogen-bond donors (Lipinski definition) is 1. The van der Waals surface area contributed by atoms with Gasteiger partial charge < -0.3 is 5.32 Å². The smallest absolute Gasteiger partial charge is 0.310 e. The Morgan fingerprint density at radius 3 is 2.56 bits per heavy atom. The Bertz CT molecular complexity index is 316. The second-order valence-electron chi connectivity index (χ2n) is 3.22. The molecule has 1 aromatic rings. The molecule has 16 heavy (non-hydrogen) atoms. The summed E-state index contributed by atoms with van der Waals surface area (Å²) in [5.41, 5.74) is -3.14. The summed E-state index contributed by atoms with van der Waals surface area (Å²) in [7, 11) is 0. The first kappa shape index (κ1) is 13.8. The van der Waals surface area contributed by atoms with Gasteiger partial charge in [-0.25, -0.2) is 4.98 Å². The van der Waals surface area contributed by atoms with Gasteiger partial charge in [-0.1, -0.05) is 0 Å². The van der Waals surface area contributed by atoms with Gasteiger partial charge in [0.05, 0.1) is 5.69 Å². The van der Waals surface area contributed by atoms with Crippen LogP contribution < -0.4 is 5.32 Å². The van der Waals surface area contributed by atoms with E-state index >= 15 is 0 Å². The predicted octanol–water partition coefficient (Wildman–Crippen LogP) is 3.10. The SMILES string of the molecule is Cc1nc(CNCCSC(F)(F)F)sc1C. The van der Waals surface area contributed by atoms with Crippen LogP contribution >= 0.6 is 23.1 Å². The fraction of sp³-hybridized carbons (Fsp3) is 0.667. The third kappa shape index (κ3) is 5.18. The number of nitrogens with zero attached hydrogens (tertiary/aromatic N) is 1. The van der Waals surface area contributed by atoms with E-state index in [0.29, 0.717) is 13.1 Å². The van der Waals surface area contributed by atoms with Crippen molar-refractivity contribution < 1.29 is 13.2 Å². The lowest BCUT2D eigenvalue weighted by atomic mass is 10.4. The number of thiazole rings is 1. The minimum Gasteiger partial charge on any atom is -0.310 e. The highest BCUT2D eigenvalue weighted by atomic mass is 32.2. The maximum Gasteiger partial charge on any atom is 0.441 e. The van der Waals surface area contributed by atoms with Gasteiger partial charge in [-0.05, 0) is 25.6 Å². The molecule has 0 radical (unpaired) electrons. The van der Waals surface area contributed by atoms with Crippen LogP contribution in [0.25, 0.3) is 0 Å². The summed E-state index contributed by atoms with van der Waals surface area (Å²) in [5.74, 6) is 0.0346. The van der Waals surface area contributed by atoms with Gasteiger partial charge in [0, 0.05) is 23.7 Å². The molecule has 0 bridgehead atoms. The Labute approximate surface area is 101 Å². The third-order valence-corrected chi connectivity index (χ3v) is 3.70. The van der Waals surface area contributed by atoms with Crippen molar-refractivity contribution in [3.63, 3.8) is 0 Å². The Kier molecular flexibility index (Phi) is 5.07. The first-order valence-electron chi connectivity index (χ1n) is 4.73. The highest BCUT2D eigenvalue weighted by Crippen LogP contribution is 2.29. The summed E-state index contributed by atoms with van der Waals surface area (Å²) in [6.07, 6.45) is 0. The molecule has 0 spiro atoms. The monoisotopic (exact) mass is 270 g/mol. The number of rotatable bonds is 5. The Balaban J connectivity index is 2.16. The molecule has 0 aromatic carbocycles. The first-order chi connectivity index (χ1) is 7.38. The minimum absolute atomic E-state index is 0.00244. The van der Waals surface area contributed by atoms with Crippen LogP contribution in [0.2, 0.25) is 0 Å². The van der Waals surface area contributed by atoms with Gasteiger partial charge >= 0.3 is 5.51 Å². The van der Waals surface area contributed by atoms with Crippen molar-refractivity contribution in [1.82, 2.24) is 10.3 Å². The summed E-state index contributed by atoms with van der Waals surface area (Å²) in [6, 6.07) is 0. The number of nitrogens with one attached hydrogen (secondary N) is 1. The highest BCUT2D eigenvalue weighted by Gasteiger charge is 2.27. The van der Waals surface area contributed by atoms with Crippen LogP contribution in [0.3, 0.4) is 0 Å². The van der Waals surface area contributed by atoms with Crippen LogP contribution in [0, 0.1) is 13.8 Å².